The Labute approximate surface area is 190 Å². The van der Waals surface area contributed by atoms with Crippen LogP contribution in [-0.2, 0) is 5.75 Å². The molecule has 0 unspecified atom stereocenters. The molecular weight excluding hydrogens is 456 g/mol. The lowest BCUT2D eigenvalue weighted by molar-refractivity contribution is 0.617. The van der Waals surface area contributed by atoms with Gasteiger partial charge in [-0.1, -0.05) is 59.2 Å². The van der Waals surface area contributed by atoms with Crippen molar-refractivity contribution in [2.45, 2.75) is 10.9 Å². The maximum absolute atomic E-state index is 14.3. The zero-order valence-corrected chi connectivity index (χ0v) is 18.2. The summed E-state index contributed by atoms with van der Waals surface area (Å²) in [5, 5.41) is 2.18. The van der Waals surface area contributed by atoms with Crippen LogP contribution in [-0.4, -0.2) is 14.5 Å². The molecule has 2 aromatic heterocycles. The highest BCUT2D eigenvalue weighted by molar-refractivity contribution is 7.98. The van der Waals surface area contributed by atoms with Gasteiger partial charge in [0.05, 0.1) is 5.69 Å². The van der Waals surface area contributed by atoms with Crippen molar-refractivity contribution in [2.75, 3.05) is 0 Å². The molecule has 4 nitrogen and oxygen atoms in total. The lowest BCUT2D eigenvalue weighted by Gasteiger charge is -2.13. The molecule has 0 amide bonds. The van der Waals surface area contributed by atoms with E-state index >= 15 is 0 Å². The van der Waals surface area contributed by atoms with E-state index in [9.17, 15) is 9.18 Å². The maximum atomic E-state index is 14.3. The highest BCUT2D eigenvalue weighted by Gasteiger charge is 2.18. The minimum atomic E-state index is -0.395. The van der Waals surface area contributed by atoms with Crippen molar-refractivity contribution in [2.24, 2.45) is 0 Å². The van der Waals surface area contributed by atoms with Crippen LogP contribution in [0.5, 0.6) is 0 Å². The molecule has 0 spiro atoms. The molecule has 154 valence electrons. The van der Waals surface area contributed by atoms with E-state index in [1.807, 2.05) is 24.3 Å². The molecule has 31 heavy (non-hydrogen) atoms. The summed E-state index contributed by atoms with van der Waals surface area (Å²) in [4.78, 5) is 21.5. The van der Waals surface area contributed by atoms with Crippen LogP contribution in [0.25, 0.3) is 27.6 Å². The first-order chi connectivity index (χ1) is 15.0. The molecule has 5 rings (SSSR count). The van der Waals surface area contributed by atoms with Crippen molar-refractivity contribution >= 4 is 56.9 Å². The summed E-state index contributed by atoms with van der Waals surface area (Å²) in [6.45, 7) is 0. The van der Waals surface area contributed by atoms with Crippen molar-refractivity contribution in [3.63, 3.8) is 0 Å². The Bertz CT molecular complexity index is 1480. The highest BCUT2D eigenvalue weighted by atomic mass is 35.5. The van der Waals surface area contributed by atoms with E-state index in [4.69, 9.17) is 28.2 Å². The van der Waals surface area contributed by atoms with Crippen molar-refractivity contribution in [3.05, 3.63) is 98.5 Å². The Hall–Kier alpha value is -2.80. The largest absolute Gasteiger partial charge is 0.349 e. The van der Waals surface area contributed by atoms with Gasteiger partial charge < -0.3 is 4.98 Å². The van der Waals surface area contributed by atoms with Crippen molar-refractivity contribution in [1.29, 1.82) is 0 Å². The van der Waals surface area contributed by atoms with Crippen LogP contribution in [0.15, 0.2) is 76.7 Å². The molecule has 0 fully saturated rings. The van der Waals surface area contributed by atoms with Crippen LogP contribution in [0.3, 0.4) is 0 Å². The zero-order chi connectivity index (χ0) is 21.5. The number of nitrogens with one attached hydrogen (secondary N) is 1. The number of hydrogen-bond acceptors (Lipinski definition) is 3. The number of fused-ring (bicyclic) bond motifs is 3. The van der Waals surface area contributed by atoms with Gasteiger partial charge in [0.25, 0.3) is 5.56 Å². The van der Waals surface area contributed by atoms with Crippen LogP contribution in [0.1, 0.15) is 5.56 Å². The molecule has 1 N–H and O–H groups in total. The first-order valence-electron chi connectivity index (χ1n) is 9.38. The zero-order valence-electron chi connectivity index (χ0n) is 15.9. The summed E-state index contributed by atoms with van der Waals surface area (Å²) in [6.07, 6.45) is 0. The quantitative estimate of drug-likeness (QED) is 0.238. The van der Waals surface area contributed by atoms with Gasteiger partial charge in [-0.25, -0.2) is 9.37 Å². The fourth-order valence-electron chi connectivity index (χ4n) is 3.46. The molecule has 8 heteroatoms. The van der Waals surface area contributed by atoms with E-state index in [0.29, 0.717) is 37.5 Å². The molecule has 0 aliphatic rings. The number of thioether (sulfide) groups is 1. The number of nitrogens with zero attached hydrogens (tertiary/aromatic N) is 2. The molecule has 2 heterocycles. The minimum Gasteiger partial charge on any atom is -0.349 e. The monoisotopic (exact) mass is 469 g/mol. The molecule has 0 radical (unpaired) electrons. The first-order valence-corrected chi connectivity index (χ1v) is 11.1. The van der Waals surface area contributed by atoms with Gasteiger partial charge in [0.2, 0.25) is 0 Å². The second-order valence-corrected chi connectivity index (χ2v) is 8.68. The van der Waals surface area contributed by atoms with E-state index in [0.717, 1.165) is 10.9 Å². The SMILES string of the molecule is O=c1c2[nH]c3ccccc3c2nc(SCc2c(F)cccc2Cl)n1-c1ccc(Cl)cc1. The number of aromatic nitrogens is 3. The lowest BCUT2D eigenvalue weighted by atomic mass is 10.2. The normalized spacial score (nSPS) is 11.5. The molecular formula is C23H14Cl2FN3OS. The summed E-state index contributed by atoms with van der Waals surface area (Å²) in [5.41, 5.74) is 2.54. The summed E-state index contributed by atoms with van der Waals surface area (Å²) in [5.74, 6) is -0.173. The van der Waals surface area contributed by atoms with Gasteiger partial charge in [-0.15, -0.1) is 0 Å². The van der Waals surface area contributed by atoms with Gasteiger partial charge in [-0.2, -0.15) is 0 Å². The Kier molecular flexibility index (Phi) is 5.22. The van der Waals surface area contributed by atoms with E-state index in [1.165, 1.54) is 22.4 Å². The third-order valence-corrected chi connectivity index (χ3v) is 6.56. The number of halogens is 3. The predicted molar refractivity (Wildman–Crippen MR) is 125 cm³/mol. The third-order valence-electron chi connectivity index (χ3n) is 4.99. The van der Waals surface area contributed by atoms with Crippen molar-refractivity contribution in [1.82, 2.24) is 14.5 Å². The van der Waals surface area contributed by atoms with Gasteiger partial charge in [0.15, 0.2) is 5.16 Å². The summed E-state index contributed by atoms with van der Waals surface area (Å²) in [6, 6.07) is 19.1. The van der Waals surface area contributed by atoms with E-state index in [-0.39, 0.29) is 11.3 Å². The van der Waals surface area contributed by atoms with E-state index in [2.05, 4.69) is 4.98 Å². The van der Waals surface area contributed by atoms with Crippen LogP contribution in [0, 0.1) is 5.82 Å². The van der Waals surface area contributed by atoms with Crippen molar-refractivity contribution < 1.29 is 4.39 Å². The first kappa shape index (κ1) is 20.1. The Morgan fingerprint density at radius 2 is 1.77 bits per heavy atom. The number of hydrogen-bond donors (Lipinski definition) is 1. The topological polar surface area (TPSA) is 50.7 Å². The number of H-pyrrole nitrogens is 1. The van der Waals surface area contributed by atoms with Gasteiger partial charge in [0.1, 0.15) is 16.9 Å². The molecule has 0 aliphatic carbocycles. The number of aromatic amines is 1. The van der Waals surface area contributed by atoms with Gasteiger partial charge in [-0.3, -0.25) is 9.36 Å². The molecule has 0 saturated carbocycles. The van der Waals surface area contributed by atoms with Crippen LogP contribution in [0.2, 0.25) is 10.0 Å². The Balaban J connectivity index is 1.72. The van der Waals surface area contributed by atoms with Crippen LogP contribution >= 0.6 is 35.0 Å². The third kappa shape index (κ3) is 3.61. The second kappa shape index (κ2) is 8.04. The van der Waals surface area contributed by atoms with Crippen LogP contribution < -0.4 is 5.56 Å². The molecule has 0 aliphatic heterocycles. The predicted octanol–water partition coefficient (Wildman–Crippen LogP) is 6.61. The molecule has 0 saturated heterocycles. The molecule has 5 aromatic rings. The number of para-hydroxylation sites is 1. The Morgan fingerprint density at radius 1 is 1.00 bits per heavy atom. The molecule has 0 atom stereocenters. The fraction of sp³-hybridized carbons (Fsp3) is 0.0435. The fourth-order valence-corrected chi connectivity index (χ4v) is 4.94. The van der Waals surface area contributed by atoms with Gasteiger partial charge in [-0.05, 0) is 42.5 Å². The minimum absolute atomic E-state index is 0.222. The van der Waals surface area contributed by atoms with Gasteiger partial charge in [0, 0.05) is 32.3 Å². The Morgan fingerprint density at radius 3 is 2.55 bits per heavy atom. The average Bonchev–Trinajstić information content (AvgIpc) is 3.14. The number of benzene rings is 3. The highest BCUT2D eigenvalue weighted by Crippen LogP contribution is 2.31. The smallest absolute Gasteiger partial charge is 0.283 e. The summed E-state index contributed by atoms with van der Waals surface area (Å²) < 4.78 is 15.8. The van der Waals surface area contributed by atoms with E-state index in [1.54, 1.807) is 36.4 Å². The summed E-state index contributed by atoms with van der Waals surface area (Å²) >= 11 is 13.5. The van der Waals surface area contributed by atoms with Crippen molar-refractivity contribution in [3.8, 4) is 5.69 Å². The lowest BCUT2D eigenvalue weighted by Crippen LogP contribution is -2.21. The van der Waals surface area contributed by atoms with Gasteiger partial charge >= 0.3 is 0 Å². The molecule has 3 aromatic carbocycles. The summed E-state index contributed by atoms with van der Waals surface area (Å²) in [7, 11) is 0. The maximum Gasteiger partial charge on any atom is 0.283 e. The number of rotatable bonds is 4. The average molecular weight is 470 g/mol. The van der Waals surface area contributed by atoms with E-state index < -0.39 is 5.82 Å². The second-order valence-electron chi connectivity index (χ2n) is 6.89. The standard InChI is InChI=1S/C23H14Cl2FN3OS/c24-13-8-10-14(11-9-13)29-22(30)21-20(15-4-1-2-7-19(15)27-21)28-23(29)31-12-16-17(25)5-3-6-18(16)26/h1-11,27H,12H2. The van der Waals surface area contributed by atoms with Crippen LogP contribution in [0.4, 0.5) is 4.39 Å². The molecule has 0 bridgehead atoms.